The smallest absolute Gasteiger partial charge is 0.345 e. The highest BCUT2D eigenvalue weighted by molar-refractivity contribution is 4.93. The van der Waals surface area contributed by atoms with Crippen LogP contribution in [0.15, 0.2) is 12.2 Å². The van der Waals surface area contributed by atoms with Gasteiger partial charge in [-0.2, -0.15) is 8.78 Å². The fraction of sp³-hybridized carbons (Fsp3) is 0.714. The number of aliphatic hydroxyl groups excluding tert-OH is 1. The summed E-state index contributed by atoms with van der Waals surface area (Å²) in [6.07, 6.45) is 0.831. The first kappa shape index (κ1) is 10.5. The Labute approximate surface area is 64.5 Å². The number of halogens is 2. The van der Waals surface area contributed by atoms with Gasteiger partial charge in [0.15, 0.2) is 0 Å². The summed E-state index contributed by atoms with van der Waals surface area (Å²) < 4.78 is 26.7. The zero-order valence-corrected chi connectivity index (χ0v) is 6.22. The third kappa shape index (κ3) is 7.42. The fourth-order valence-electron chi connectivity index (χ4n) is 0.575. The largest absolute Gasteiger partial charge is 0.396 e. The Morgan fingerprint density at radius 1 is 1.45 bits per heavy atom. The molecule has 0 heterocycles. The minimum absolute atomic E-state index is 0.00745. The molecule has 0 spiro atoms. The first-order valence-corrected chi connectivity index (χ1v) is 3.34. The summed E-state index contributed by atoms with van der Waals surface area (Å²) in [4.78, 5) is 0. The lowest BCUT2D eigenvalue weighted by molar-refractivity contribution is -0.127. The van der Waals surface area contributed by atoms with Crippen molar-refractivity contribution in [3.05, 3.63) is 12.2 Å². The number of alkyl halides is 2. The average molecular weight is 166 g/mol. The van der Waals surface area contributed by atoms with Crippen molar-refractivity contribution < 1.29 is 18.6 Å². The van der Waals surface area contributed by atoms with Gasteiger partial charge in [0.1, 0.15) is 0 Å². The van der Waals surface area contributed by atoms with Crippen LogP contribution in [-0.2, 0) is 4.74 Å². The van der Waals surface area contributed by atoms with Gasteiger partial charge in [-0.25, -0.2) is 0 Å². The van der Waals surface area contributed by atoms with Gasteiger partial charge in [0, 0.05) is 6.61 Å². The van der Waals surface area contributed by atoms with Crippen molar-refractivity contribution in [2.45, 2.75) is 19.5 Å². The van der Waals surface area contributed by atoms with Crippen molar-refractivity contribution in [3.63, 3.8) is 0 Å². The number of ether oxygens (including phenoxy) is 1. The first-order valence-electron chi connectivity index (χ1n) is 3.34. The van der Waals surface area contributed by atoms with Crippen molar-refractivity contribution in [1.29, 1.82) is 0 Å². The van der Waals surface area contributed by atoms with Gasteiger partial charge in [0.2, 0.25) is 0 Å². The summed E-state index contributed by atoms with van der Waals surface area (Å²) >= 11 is 0. The van der Waals surface area contributed by atoms with E-state index in [2.05, 4.69) is 11.3 Å². The molecule has 0 unspecified atom stereocenters. The van der Waals surface area contributed by atoms with Gasteiger partial charge < -0.3 is 9.84 Å². The van der Waals surface area contributed by atoms with Crippen molar-refractivity contribution in [2.75, 3.05) is 13.2 Å². The molecule has 0 atom stereocenters. The summed E-state index contributed by atoms with van der Waals surface area (Å²) in [5.74, 6) is 0. The highest BCUT2D eigenvalue weighted by Gasteiger charge is 2.01. The van der Waals surface area contributed by atoms with E-state index in [1.807, 2.05) is 0 Å². The molecule has 0 aromatic heterocycles. The highest BCUT2D eigenvalue weighted by Crippen LogP contribution is 2.04. The molecule has 0 rings (SSSR count). The maximum atomic E-state index is 11.4. The number of aliphatic hydroxyl groups is 1. The molecule has 1 N–H and O–H groups in total. The predicted molar refractivity (Wildman–Crippen MR) is 37.4 cm³/mol. The van der Waals surface area contributed by atoms with Crippen LogP contribution >= 0.6 is 0 Å². The SMILES string of the molecule is C=C(CCO)CCOC(F)F. The Bertz CT molecular complexity index is 115. The molecule has 0 aliphatic heterocycles. The lowest BCUT2D eigenvalue weighted by Gasteiger charge is -2.03. The molecular formula is C7H12F2O2. The van der Waals surface area contributed by atoms with E-state index in [0.29, 0.717) is 12.8 Å². The fourth-order valence-corrected chi connectivity index (χ4v) is 0.575. The Kier molecular flexibility index (Phi) is 5.97. The second kappa shape index (κ2) is 6.24. The average Bonchev–Trinajstić information content (AvgIpc) is 1.87. The number of rotatable bonds is 6. The molecule has 0 fully saturated rings. The van der Waals surface area contributed by atoms with E-state index in [1.54, 1.807) is 0 Å². The van der Waals surface area contributed by atoms with E-state index in [4.69, 9.17) is 5.11 Å². The Balaban J connectivity index is 3.17. The number of hydrogen-bond acceptors (Lipinski definition) is 2. The second-order valence-electron chi connectivity index (χ2n) is 2.11. The Morgan fingerprint density at radius 3 is 2.55 bits per heavy atom. The van der Waals surface area contributed by atoms with Crippen molar-refractivity contribution in [3.8, 4) is 0 Å². The third-order valence-electron chi connectivity index (χ3n) is 1.16. The Hall–Kier alpha value is -0.480. The Morgan fingerprint density at radius 2 is 2.09 bits per heavy atom. The van der Waals surface area contributed by atoms with Crippen molar-refractivity contribution in [1.82, 2.24) is 0 Å². The maximum Gasteiger partial charge on any atom is 0.345 e. The highest BCUT2D eigenvalue weighted by atomic mass is 19.3. The van der Waals surface area contributed by atoms with Gasteiger partial charge in [-0.1, -0.05) is 12.2 Å². The van der Waals surface area contributed by atoms with Crippen LogP contribution in [0.5, 0.6) is 0 Å². The van der Waals surface area contributed by atoms with Gasteiger partial charge in [0.05, 0.1) is 6.61 Å². The van der Waals surface area contributed by atoms with Crippen LogP contribution in [0.4, 0.5) is 8.78 Å². The van der Waals surface area contributed by atoms with Gasteiger partial charge in [-0.15, -0.1) is 0 Å². The normalized spacial score (nSPS) is 10.5. The second-order valence-corrected chi connectivity index (χ2v) is 2.11. The quantitative estimate of drug-likeness (QED) is 0.606. The monoisotopic (exact) mass is 166 g/mol. The zero-order valence-electron chi connectivity index (χ0n) is 6.22. The summed E-state index contributed by atoms with van der Waals surface area (Å²) in [5.41, 5.74) is 0.730. The zero-order chi connectivity index (χ0) is 8.69. The molecule has 0 bridgehead atoms. The van der Waals surface area contributed by atoms with E-state index < -0.39 is 6.61 Å². The molecule has 0 aliphatic carbocycles. The standard InChI is InChI=1S/C7H12F2O2/c1-6(2-4-10)3-5-11-7(8)9/h7,10H,1-5H2. The predicted octanol–water partition coefficient (Wildman–Crippen LogP) is 1.55. The first-order chi connectivity index (χ1) is 5.16. The summed E-state index contributed by atoms with van der Waals surface area (Å²) in [5, 5.41) is 8.40. The molecule has 2 nitrogen and oxygen atoms in total. The molecule has 0 amide bonds. The third-order valence-corrected chi connectivity index (χ3v) is 1.16. The van der Waals surface area contributed by atoms with Gasteiger partial charge in [-0.3, -0.25) is 0 Å². The summed E-state index contributed by atoms with van der Waals surface area (Å²) in [7, 11) is 0. The lowest BCUT2D eigenvalue weighted by Crippen LogP contribution is -2.02. The minimum atomic E-state index is -2.71. The van der Waals surface area contributed by atoms with Gasteiger partial charge in [-0.05, 0) is 12.8 Å². The van der Waals surface area contributed by atoms with Crippen LogP contribution < -0.4 is 0 Å². The molecular weight excluding hydrogens is 154 g/mol. The molecule has 0 aromatic carbocycles. The van der Waals surface area contributed by atoms with Crippen LogP contribution in [0.2, 0.25) is 0 Å². The summed E-state index contributed by atoms with van der Waals surface area (Å²) in [6.45, 7) is 0.821. The molecule has 0 saturated carbocycles. The number of hydrogen-bond donors (Lipinski definition) is 1. The van der Waals surface area contributed by atoms with Crippen LogP contribution in [0, 0.1) is 0 Å². The van der Waals surface area contributed by atoms with E-state index in [-0.39, 0.29) is 13.2 Å². The van der Waals surface area contributed by atoms with Crippen LogP contribution in [0.25, 0.3) is 0 Å². The van der Waals surface area contributed by atoms with Crippen LogP contribution in [0.1, 0.15) is 12.8 Å². The van der Waals surface area contributed by atoms with E-state index in [0.717, 1.165) is 5.57 Å². The van der Waals surface area contributed by atoms with Gasteiger partial charge >= 0.3 is 6.61 Å². The van der Waals surface area contributed by atoms with Crippen molar-refractivity contribution >= 4 is 0 Å². The molecule has 0 saturated heterocycles. The van der Waals surface area contributed by atoms with E-state index in [1.165, 1.54) is 0 Å². The molecule has 4 heteroatoms. The molecule has 0 radical (unpaired) electrons. The topological polar surface area (TPSA) is 29.5 Å². The molecule has 0 aromatic rings. The lowest BCUT2D eigenvalue weighted by atomic mass is 10.2. The summed E-state index contributed by atoms with van der Waals surface area (Å²) in [6, 6.07) is 0. The van der Waals surface area contributed by atoms with E-state index in [9.17, 15) is 8.78 Å². The minimum Gasteiger partial charge on any atom is -0.396 e. The van der Waals surface area contributed by atoms with Gasteiger partial charge in [0.25, 0.3) is 0 Å². The molecule has 0 aliphatic rings. The molecule has 66 valence electrons. The maximum absolute atomic E-state index is 11.4. The van der Waals surface area contributed by atoms with Crippen LogP contribution in [-0.4, -0.2) is 24.9 Å². The van der Waals surface area contributed by atoms with Crippen LogP contribution in [0.3, 0.4) is 0 Å². The van der Waals surface area contributed by atoms with Crippen molar-refractivity contribution in [2.24, 2.45) is 0 Å². The molecule has 11 heavy (non-hydrogen) atoms. The van der Waals surface area contributed by atoms with E-state index >= 15 is 0 Å².